The van der Waals surface area contributed by atoms with Crippen molar-refractivity contribution in [3.05, 3.63) is 63.7 Å². The third-order valence-electron chi connectivity index (χ3n) is 4.37. The Morgan fingerprint density at radius 3 is 2.49 bits per heavy atom. The Labute approximate surface area is 209 Å². The molecule has 0 unspecified atom stereocenters. The molecular formula is C22H17ClN4O6S2. The summed E-state index contributed by atoms with van der Waals surface area (Å²) in [6.07, 6.45) is 2.16. The highest BCUT2D eigenvalue weighted by molar-refractivity contribution is 7.90. The van der Waals surface area contributed by atoms with Crippen molar-refractivity contribution in [2.45, 2.75) is 12.1 Å². The van der Waals surface area contributed by atoms with E-state index in [0.29, 0.717) is 22.7 Å². The number of nitrogens with zero attached hydrogens (tertiary/aromatic N) is 3. The van der Waals surface area contributed by atoms with Crippen molar-refractivity contribution in [3.8, 4) is 17.6 Å². The average molecular weight is 533 g/mol. The number of rotatable bonds is 7. The van der Waals surface area contributed by atoms with Crippen LogP contribution in [0.25, 0.3) is 6.08 Å². The van der Waals surface area contributed by atoms with Gasteiger partial charge in [-0.2, -0.15) is 14.6 Å². The normalized spacial score (nSPS) is 11.5. The van der Waals surface area contributed by atoms with Crippen molar-refractivity contribution in [2.75, 3.05) is 18.7 Å². The van der Waals surface area contributed by atoms with Crippen LogP contribution in [0, 0.1) is 18.3 Å². The lowest BCUT2D eigenvalue weighted by Crippen LogP contribution is -2.13. The van der Waals surface area contributed by atoms with Crippen LogP contribution in [0.2, 0.25) is 5.02 Å². The van der Waals surface area contributed by atoms with Gasteiger partial charge in [-0.25, -0.2) is 13.2 Å². The van der Waals surface area contributed by atoms with E-state index in [1.807, 2.05) is 6.92 Å². The van der Waals surface area contributed by atoms with Crippen LogP contribution < -0.4 is 14.8 Å². The number of hydrogen-bond donors (Lipinski definition) is 1. The first-order chi connectivity index (χ1) is 16.5. The average Bonchev–Trinajstić information content (AvgIpc) is 3.28. The molecule has 2 aromatic carbocycles. The number of sulfone groups is 1. The molecule has 0 radical (unpaired) electrons. The molecule has 0 aliphatic rings. The molecule has 10 nitrogen and oxygen atoms in total. The van der Waals surface area contributed by atoms with Crippen LogP contribution in [0.1, 0.15) is 21.5 Å². The summed E-state index contributed by atoms with van der Waals surface area (Å²) >= 11 is 6.96. The zero-order valence-electron chi connectivity index (χ0n) is 18.5. The fourth-order valence-electron chi connectivity index (χ4n) is 2.65. The smallest absolute Gasteiger partial charge is 0.343 e. The SMILES string of the molecule is COc1cc(C=C(C#N)C(=O)Nc2nc(S(C)(=O)=O)ns2)cc(Cl)c1OC(=O)c1ccc(C)cc1. The molecule has 1 heterocycles. The molecule has 13 heteroatoms. The number of ether oxygens (including phenoxy) is 2. The Bertz CT molecular complexity index is 1470. The summed E-state index contributed by atoms with van der Waals surface area (Å²) in [6, 6.07) is 11.3. The lowest BCUT2D eigenvalue weighted by atomic mass is 10.1. The van der Waals surface area contributed by atoms with Crippen molar-refractivity contribution in [1.29, 1.82) is 5.26 Å². The van der Waals surface area contributed by atoms with Crippen LogP contribution in [0.5, 0.6) is 11.5 Å². The molecule has 0 saturated heterocycles. The molecule has 180 valence electrons. The first-order valence-corrected chi connectivity index (χ1v) is 12.7. The van der Waals surface area contributed by atoms with E-state index in [1.165, 1.54) is 25.3 Å². The largest absolute Gasteiger partial charge is 0.493 e. The van der Waals surface area contributed by atoms with E-state index in [-0.39, 0.29) is 27.2 Å². The lowest BCUT2D eigenvalue weighted by molar-refractivity contribution is -0.112. The summed E-state index contributed by atoms with van der Waals surface area (Å²) < 4.78 is 37.3. The number of methoxy groups -OCH3 is 1. The van der Waals surface area contributed by atoms with Crippen LogP contribution in [-0.4, -0.2) is 43.0 Å². The molecule has 0 aliphatic heterocycles. The van der Waals surface area contributed by atoms with Gasteiger partial charge in [0.05, 0.1) is 17.7 Å². The number of hydrogen-bond acceptors (Lipinski definition) is 10. The molecule has 1 aromatic heterocycles. The predicted molar refractivity (Wildman–Crippen MR) is 129 cm³/mol. The van der Waals surface area contributed by atoms with Gasteiger partial charge in [0.1, 0.15) is 11.6 Å². The molecule has 1 amide bonds. The maximum atomic E-state index is 12.5. The van der Waals surface area contributed by atoms with E-state index < -0.39 is 26.9 Å². The van der Waals surface area contributed by atoms with Crippen molar-refractivity contribution in [2.24, 2.45) is 0 Å². The highest BCUT2D eigenvalue weighted by Gasteiger charge is 2.20. The second-order valence-corrected chi connectivity index (χ2v) is 10.1. The fourth-order valence-corrected chi connectivity index (χ4v) is 4.35. The van der Waals surface area contributed by atoms with E-state index in [0.717, 1.165) is 11.8 Å². The van der Waals surface area contributed by atoms with Crippen molar-refractivity contribution in [3.63, 3.8) is 0 Å². The van der Waals surface area contributed by atoms with Crippen LogP contribution in [0.3, 0.4) is 0 Å². The number of carbonyl (C=O) groups excluding carboxylic acids is 2. The van der Waals surface area contributed by atoms with Gasteiger partial charge in [0.15, 0.2) is 11.5 Å². The standard InChI is InChI=1S/C22H17ClN4O6S2/c1-12-4-6-14(7-5-12)20(29)33-18-16(23)9-13(10-17(18)32-2)8-15(11-24)19(28)25-21-26-22(27-34-21)35(3,30)31/h4-10H,1-3H3,(H,25,26,27,28). The van der Waals surface area contributed by atoms with Crippen LogP contribution in [0.4, 0.5) is 5.13 Å². The van der Waals surface area contributed by atoms with Gasteiger partial charge in [-0.15, -0.1) is 0 Å². The number of halogens is 1. The molecule has 0 atom stereocenters. The van der Waals surface area contributed by atoms with Crippen LogP contribution >= 0.6 is 23.1 Å². The Morgan fingerprint density at radius 2 is 1.91 bits per heavy atom. The van der Waals surface area contributed by atoms with E-state index in [9.17, 15) is 23.3 Å². The molecule has 3 rings (SSSR count). The van der Waals surface area contributed by atoms with Gasteiger partial charge in [0.25, 0.3) is 11.1 Å². The maximum absolute atomic E-state index is 12.5. The lowest BCUT2D eigenvalue weighted by Gasteiger charge is -2.12. The number of nitrogens with one attached hydrogen (secondary N) is 1. The summed E-state index contributed by atoms with van der Waals surface area (Å²) in [7, 11) is -2.30. The second-order valence-electron chi connectivity index (χ2n) is 7.07. The third kappa shape index (κ3) is 6.42. The minimum absolute atomic E-state index is 0.00989. The van der Waals surface area contributed by atoms with Gasteiger partial charge in [-0.05, 0) is 42.8 Å². The second kappa shape index (κ2) is 10.6. The molecule has 35 heavy (non-hydrogen) atoms. The maximum Gasteiger partial charge on any atom is 0.343 e. The minimum atomic E-state index is -3.64. The van der Waals surface area contributed by atoms with E-state index >= 15 is 0 Å². The topological polar surface area (TPSA) is 148 Å². The van der Waals surface area contributed by atoms with Crippen molar-refractivity contribution in [1.82, 2.24) is 9.36 Å². The minimum Gasteiger partial charge on any atom is -0.493 e. The summed E-state index contributed by atoms with van der Waals surface area (Å²) in [5, 5.41) is 11.2. The first-order valence-electron chi connectivity index (χ1n) is 9.65. The molecule has 0 spiro atoms. The number of carbonyl (C=O) groups is 2. The third-order valence-corrected chi connectivity index (χ3v) is 6.24. The van der Waals surface area contributed by atoms with Gasteiger partial charge >= 0.3 is 5.97 Å². The van der Waals surface area contributed by atoms with Crippen molar-refractivity contribution >= 4 is 56.1 Å². The first kappa shape index (κ1) is 25.8. The van der Waals surface area contributed by atoms with Gasteiger partial charge in [0.2, 0.25) is 15.0 Å². The Morgan fingerprint density at radius 1 is 1.23 bits per heavy atom. The van der Waals surface area contributed by atoms with Gasteiger partial charge in [-0.1, -0.05) is 29.3 Å². The number of amides is 1. The van der Waals surface area contributed by atoms with Crippen molar-refractivity contribution < 1.29 is 27.5 Å². The quantitative estimate of drug-likeness (QED) is 0.208. The number of nitriles is 1. The Kier molecular flexibility index (Phi) is 7.85. The highest BCUT2D eigenvalue weighted by Crippen LogP contribution is 2.37. The number of esters is 1. The Hall–Kier alpha value is -3.79. The summed E-state index contributed by atoms with van der Waals surface area (Å²) in [5.74, 6) is -1.41. The number of aryl methyl sites for hydroxylation is 1. The predicted octanol–water partition coefficient (Wildman–Crippen LogP) is 3.68. The summed E-state index contributed by atoms with van der Waals surface area (Å²) in [4.78, 5) is 28.7. The fraction of sp³-hybridized carbons (Fsp3) is 0.136. The van der Waals surface area contributed by atoms with Gasteiger partial charge < -0.3 is 9.47 Å². The van der Waals surface area contributed by atoms with E-state index in [4.69, 9.17) is 21.1 Å². The van der Waals surface area contributed by atoms with Crippen LogP contribution in [0.15, 0.2) is 47.1 Å². The zero-order chi connectivity index (χ0) is 25.8. The highest BCUT2D eigenvalue weighted by atomic mass is 35.5. The van der Waals surface area contributed by atoms with Crippen LogP contribution in [-0.2, 0) is 14.6 Å². The van der Waals surface area contributed by atoms with E-state index in [1.54, 1.807) is 30.3 Å². The molecule has 0 saturated carbocycles. The molecule has 0 fully saturated rings. The monoisotopic (exact) mass is 532 g/mol. The van der Waals surface area contributed by atoms with Gasteiger partial charge in [0, 0.05) is 17.8 Å². The van der Waals surface area contributed by atoms with Gasteiger partial charge in [-0.3, -0.25) is 10.1 Å². The molecule has 3 aromatic rings. The summed E-state index contributed by atoms with van der Waals surface area (Å²) in [6.45, 7) is 1.89. The molecule has 0 aliphatic carbocycles. The van der Waals surface area contributed by atoms with E-state index in [2.05, 4.69) is 14.7 Å². The molecular weight excluding hydrogens is 516 g/mol. The Balaban J connectivity index is 1.84. The number of aromatic nitrogens is 2. The molecule has 1 N–H and O–H groups in total. The zero-order valence-corrected chi connectivity index (χ0v) is 20.9. The number of anilines is 1. The molecule has 0 bridgehead atoms. The summed E-state index contributed by atoms with van der Waals surface area (Å²) in [5.41, 5.74) is 1.27. The number of benzene rings is 2.